The molecule has 0 saturated carbocycles. The van der Waals surface area contributed by atoms with Gasteiger partial charge in [0.05, 0.1) is 6.54 Å². The van der Waals surface area contributed by atoms with Gasteiger partial charge in [0.1, 0.15) is 6.17 Å². The van der Waals surface area contributed by atoms with Gasteiger partial charge in [0.2, 0.25) is 0 Å². The van der Waals surface area contributed by atoms with Crippen molar-refractivity contribution in [1.82, 2.24) is 14.1 Å². The normalized spacial score (nSPS) is 21.7. The second kappa shape index (κ2) is 16.8. The van der Waals surface area contributed by atoms with Gasteiger partial charge in [-0.05, 0) is 54.8 Å². The number of hydrogen-bond acceptors (Lipinski definition) is 4. The highest BCUT2D eigenvalue weighted by Gasteiger charge is 2.42. The maximum absolute atomic E-state index is 14.5. The summed E-state index contributed by atoms with van der Waals surface area (Å²) in [6.07, 6.45) is 3.25. The van der Waals surface area contributed by atoms with E-state index in [1.165, 1.54) is 28.0 Å². The molecular weight excluding hydrogens is 509 g/mol. The Hall–Kier alpha value is -1.98. The number of alkyl halides is 1. The van der Waals surface area contributed by atoms with Crippen LogP contribution in [0.1, 0.15) is 24.5 Å². The molecule has 208 valence electrons. The van der Waals surface area contributed by atoms with Crippen molar-refractivity contribution in [2.45, 2.75) is 38.4 Å². The van der Waals surface area contributed by atoms with Crippen LogP contribution in [0.15, 0.2) is 48.5 Å². The molecule has 2 aromatic carbocycles. The number of amides is 2. The third-order valence-electron chi connectivity index (χ3n) is 6.52. The predicted octanol–water partition coefficient (Wildman–Crippen LogP) is 3.76. The van der Waals surface area contributed by atoms with Gasteiger partial charge in [-0.3, -0.25) is 0 Å². The average molecular weight is 554 g/mol. The van der Waals surface area contributed by atoms with Gasteiger partial charge in [0.25, 0.3) is 0 Å². The van der Waals surface area contributed by atoms with Gasteiger partial charge in [0, 0.05) is 39.6 Å². The first-order valence-corrected chi connectivity index (χ1v) is 14.4. The molecule has 2 bridgehead atoms. The van der Waals surface area contributed by atoms with Crippen molar-refractivity contribution < 1.29 is 13.4 Å². The van der Waals surface area contributed by atoms with Crippen molar-refractivity contribution in [3.63, 3.8) is 0 Å². The quantitative estimate of drug-likeness (QED) is 0.469. The highest BCUT2D eigenvalue weighted by Crippen LogP contribution is 2.32. The van der Waals surface area contributed by atoms with Gasteiger partial charge < -0.3 is 15.5 Å². The Labute approximate surface area is 230 Å². The average Bonchev–Trinajstić information content (AvgIpc) is 3.19. The van der Waals surface area contributed by atoms with Crippen molar-refractivity contribution in [1.29, 1.82) is 0 Å². The number of carbonyl (C=O) groups excluding carboxylic acids is 1. The van der Waals surface area contributed by atoms with Crippen LogP contribution in [0.2, 0.25) is 0 Å². The van der Waals surface area contributed by atoms with E-state index in [0.717, 1.165) is 18.4 Å². The molecule has 2 aromatic rings. The van der Waals surface area contributed by atoms with Crippen LogP contribution >= 0.6 is 12.6 Å². The first kappa shape index (κ1) is 33.0. The first-order valence-electron chi connectivity index (χ1n) is 12.4. The van der Waals surface area contributed by atoms with Crippen molar-refractivity contribution in [2.75, 3.05) is 47.5 Å². The van der Waals surface area contributed by atoms with E-state index >= 15 is 0 Å². The van der Waals surface area contributed by atoms with Crippen LogP contribution in [0.4, 0.5) is 9.18 Å². The lowest BCUT2D eigenvalue weighted by Gasteiger charge is -2.31. The van der Waals surface area contributed by atoms with Crippen molar-refractivity contribution in [3.8, 4) is 11.1 Å². The molecule has 2 amide bonds. The number of nitrogens with zero attached hydrogens (tertiary/aromatic N) is 3. The summed E-state index contributed by atoms with van der Waals surface area (Å²) in [5.41, 5.74) is 9.43. The van der Waals surface area contributed by atoms with Gasteiger partial charge in [-0.25, -0.2) is 22.8 Å². The molecule has 0 aliphatic carbocycles. The van der Waals surface area contributed by atoms with E-state index in [9.17, 15) is 13.4 Å². The van der Waals surface area contributed by atoms with Gasteiger partial charge >= 0.3 is 6.03 Å². The van der Waals surface area contributed by atoms with Crippen LogP contribution < -0.4 is 10.9 Å². The number of nitrogens with two attached hydrogens (primary N) is 2. The van der Waals surface area contributed by atoms with E-state index in [1.54, 1.807) is 30.2 Å². The minimum atomic E-state index is -1.28. The fourth-order valence-electron chi connectivity index (χ4n) is 4.48. The van der Waals surface area contributed by atoms with E-state index in [4.69, 9.17) is 5.14 Å². The van der Waals surface area contributed by atoms with Gasteiger partial charge in [0.15, 0.2) is 11.2 Å². The lowest BCUT2D eigenvalue weighted by Crippen LogP contribution is -2.46. The molecule has 4 unspecified atom stereocenters. The van der Waals surface area contributed by atoms with E-state index in [1.807, 2.05) is 14.0 Å². The molecule has 4 rings (SSSR count). The largest absolute Gasteiger partial charge is 0.333 e. The number of rotatable bonds is 1. The molecule has 0 spiro atoms. The number of thiol groups is 1. The number of benzene rings is 2. The third-order valence-corrected chi connectivity index (χ3v) is 7.24. The number of hydrogen-bond donors (Lipinski definition) is 3. The first-order chi connectivity index (χ1) is 17.7. The Kier molecular flexibility index (Phi) is 15.0. The molecule has 37 heavy (non-hydrogen) atoms. The minimum Gasteiger partial charge on any atom is -0.333 e. The fourth-order valence-corrected chi connectivity index (χ4v) is 4.48. The summed E-state index contributed by atoms with van der Waals surface area (Å²) in [4.78, 5) is 16.5. The molecule has 2 aliphatic rings. The van der Waals surface area contributed by atoms with Crippen LogP contribution in [-0.2, 0) is 24.0 Å². The molecule has 0 aromatic heterocycles. The summed E-state index contributed by atoms with van der Waals surface area (Å²) in [6.45, 7) is 2.81. The van der Waals surface area contributed by atoms with E-state index in [-0.39, 0.29) is 24.5 Å². The molecule has 4 N–H and O–H groups in total. The summed E-state index contributed by atoms with van der Waals surface area (Å²) in [6, 6.07) is 16.9. The number of fused-ring (bicyclic) bond motifs is 5. The van der Waals surface area contributed by atoms with E-state index < -0.39 is 17.3 Å². The molecule has 0 radical (unpaired) electrons. The van der Waals surface area contributed by atoms with Crippen LogP contribution in [0.25, 0.3) is 11.1 Å². The maximum atomic E-state index is 14.5. The Balaban J connectivity index is 0.000000595. The summed E-state index contributed by atoms with van der Waals surface area (Å²) in [5, 5.41) is 4.83. The standard InChI is InChI=1S/C23H27FN2O.C2H8N2OS.CH5N.CH4S/c1-16-21(24)15-26-22(16)14-17-7-5-9-19(13-17)20-11-4-3-8-18(20)10-6-12-25(2)23(26)27;1-4(2)6(3)5;2*1-2/h3-5,7-9,11,13,16,21-22H,6,10,12,14-15H2,1-2H3;3H2,1-2H3;2H2,1H3;2H,1H3. The van der Waals surface area contributed by atoms with E-state index in [0.29, 0.717) is 13.0 Å². The molecule has 2 aliphatic heterocycles. The zero-order chi connectivity index (χ0) is 28.1. The minimum absolute atomic E-state index is 0.0457. The summed E-state index contributed by atoms with van der Waals surface area (Å²) >= 11 is 2.24. The molecule has 1 fully saturated rings. The summed E-state index contributed by atoms with van der Waals surface area (Å²) < 4.78 is 25.8. The lowest BCUT2D eigenvalue weighted by molar-refractivity contribution is 0.152. The Morgan fingerprint density at radius 1 is 1.11 bits per heavy atom. The highest BCUT2D eigenvalue weighted by molar-refractivity contribution is 7.80. The Morgan fingerprint density at radius 2 is 1.73 bits per heavy atom. The number of aryl methyl sites for hydroxylation is 1. The van der Waals surface area contributed by atoms with Crippen molar-refractivity contribution in [2.24, 2.45) is 16.8 Å². The lowest BCUT2D eigenvalue weighted by atomic mass is 9.92. The molecule has 4 atom stereocenters. The Morgan fingerprint density at radius 3 is 2.35 bits per heavy atom. The monoisotopic (exact) mass is 553 g/mol. The molecule has 1 saturated heterocycles. The van der Waals surface area contributed by atoms with Crippen LogP contribution in [0.3, 0.4) is 0 Å². The van der Waals surface area contributed by atoms with Crippen LogP contribution in [0, 0.1) is 5.92 Å². The zero-order valence-electron chi connectivity index (χ0n) is 22.9. The molecule has 10 heteroatoms. The second-order valence-electron chi connectivity index (χ2n) is 9.05. The Bertz CT molecular complexity index is 995. The second-order valence-corrected chi connectivity index (χ2v) is 10.3. The third kappa shape index (κ3) is 9.37. The van der Waals surface area contributed by atoms with Gasteiger partial charge in [-0.15, -0.1) is 0 Å². The smallest absolute Gasteiger partial charge is 0.320 e. The van der Waals surface area contributed by atoms with Gasteiger partial charge in [-0.1, -0.05) is 55.5 Å². The van der Waals surface area contributed by atoms with E-state index in [2.05, 4.69) is 66.9 Å². The van der Waals surface area contributed by atoms with Crippen molar-refractivity contribution in [3.05, 3.63) is 59.7 Å². The summed E-state index contributed by atoms with van der Waals surface area (Å²) in [5.74, 6) is -0.150. The maximum Gasteiger partial charge on any atom is 0.320 e. The van der Waals surface area contributed by atoms with Gasteiger partial charge in [-0.2, -0.15) is 12.6 Å². The van der Waals surface area contributed by atoms with Crippen LogP contribution in [0.5, 0.6) is 0 Å². The molecule has 7 nitrogen and oxygen atoms in total. The number of urea groups is 1. The fraction of sp³-hybridized carbons (Fsp3) is 0.519. The number of halogens is 1. The predicted molar refractivity (Wildman–Crippen MR) is 158 cm³/mol. The van der Waals surface area contributed by atoms with Crippen LogP contribution in [-0.4, -0.2) is 84.1 Å². The molecule has 2 heterocycles. The SMILES string of the molecule is CC1C(F)CN2C(=O)N(C)CCCc3ccccc3-c3cccc(c3)CC12.CN.CN(C)S(N)=O.CS. The summed E-state index contributed by atoms with van der Waals surface area (Å²) in [7, 11) is 6.63. The van der Waals surface area contributed by atoms with Crippen molar-refractivity contribution >= 4 is 29.8 Å². The topological polar surface area (TPSA) is 95.9 Å². The zero-order valence-corrected chi connectivity index (χ0v) is 24.6. The molecular formula is C27H44FN5O2S2. The highest BCUT2D eigenvalue weighted by atomic mass is 32.2. The number of carbonyl (C=O) groups is 1.